The highest BCUT2D eigenvalue weighted by molar-refractivity contribution is 5.85. The number of nitrogens with zero attached hydrogens (tertiary/aromatic N) is 3. The van der Waals surface area contributed by atoms with Crippen molar-refractivity contribution < 1.29 is 5.11 Å². The van der Waals surface area contributed by atoms with Gasteiger partial charge in [-0.1, -0.05) is 0 Å². The molecule has 1 aromatic rings. The third kappa shape index (κ3) is 5.88. The van der Waals surface area contributed by atoms with Gasteiger partial charge in [0.25, 0.3) is 0 Å². The van der Waals surface area contributed by atoms with Gasteiger partial charge in [-0.15, -0.1) is 35.0 Å². The predicted molar refractivity (Wildman–Crippen MR) is 73.9 cm³/mol. The van der Waals surface area contributed by atoms with Gasteiger partial charge in [-0.25, -0.2) is 5.84 Å². The number of likely N-dealkylation sites (N-methyl/N-ethyl adjacent to an activating group) is 1. The molecule has 0 radical (unpaired) electrons. The molecule has 1 atom stereocenters. The van der Waals surface area contributed by atoms with Crippen LogP contribution in [0.25, 0.3) is 0 Å². The first-order valence-corrected chi connectivity index (χ1v) is 4.90. The molecular formula is C9H19Cl2N5O. The summed E-state index contributed by atoms with van der Waals surface area (Å²) in [6.45, 7) is 5.06. The monoisotopic (exact) mass is 283 g/mol. The summed E-state index contributed by atoms with van der Waals surface area (Å²) in [5, 5.41) is 17.2. The SMILES string of the molecule is CCN(CC(C)O)c1ccc(NN)nn1.Cl.Cl. The largest absolute Gasteiger partial charge is 0.392 e. The molecule has 6 nitrogen and oxygen atoms in total. The molecule has 100 valence electrons. The van der Waals surface area contributed by atoms with Gasteiger partial charge >= 0.3 is 0 Å². The molecule has 0 fully saturated rings. The molecule has 8 heteroatoms. The maximum Gasteiger partial charge on any atom is 0.162 e. The van der Waals surface area contributed by atoms with Gasteiger partial charge < -0.3 is 15.4 Å². The van der Waals surface area contributed by atoms with E-state index in [-0.39, 0.29) is 30.9 Å². The van der Waals surface area contributed by atoms with Crippen LogP contribution in [-0.4, -0.2) is 34.5 Å². The van der Waals surface area contributed by atoms with Crippen molar-refractivity contribution in [3.63, 3.8) is 0 Å². The van der Waals surface area contributed by atoms with Crippen LogP contribution in [0.3, 0.4) is 0 Å². The van der Waals surface area contributed by atoms with Crippen LogP contribution in [0.4, 0.5) is 11.6 Å². The lowest BCUT2D eigenvalue weighted by Crippen LogP contribution is -2.31. The molecule has 0 saturated carbocycles. The molecule has 0 aliphatic heterocycles. The number of nitrogen functional groups attached to an aromatic ring is 1. The van der Waals surface area contributed by atoms with Crippen molar-refractivity contribution in [3.8, 4) is 0 Å². The second-order valence-corrected chi connectivity index (χ2v) is 3.31. The van der Waals surface area contributed by atoms with E-state index < -0.39 is 0 Å². The van der Waals surface area contributed by atoms with Crippen LogP contribution in [0.15, 0.2) is 12.1 Å². The number of halogens is 2. The van der Waals surface area contributed by atoms with E-state index in [9.17, 15) is 5.11 Å². The maximum atomic E-state index is 9.29. The molecule has 0 aliphatic rings. The fraction of sp³-hybridized carbons (Fsp3) is 0.556. The van der Waals surface area contributed by atoms with Gasteiger partial charge in [0.1, 0.15) is 0 Å². The van der Waals surface area contributed by atoms with Gasteiger partial charge in [0.15, 0.2) is 11.6 Å². The molecule has 0 bridgehead atoms. The van der Waals surface area contributed by atoms with E-state index in [2.05, 4.69) is 15.6 Å². The van der Waals surface area contributed by atoms with Crippen molar-refractivity contribution in [3.05, 3.63) is 12.1 Å². The summed E-state index contributed by atoms with van der Waals surface area (Å²) < 4.78 is 0. The van der Waals surface area contributed by atoms with E-state index in [1.807, 2.05) is 17.9 Å². The fourth-order valence-corrected chi connectivity index (χ4v) is 1.27. The van der Waals surface area contributed by atoms with Crippen molar-refractivity contribution in [2.45, 2.75) is 20.0 Å². The average Bonchev–Trinajstić information content (AvgIpc) is 2.26. The van der Waals surface area contributed by atoms with Crippen molar-refractivity contribution in [2.24, 2.45) is 5.84 Å². The Bertz CT molecular complexity index is 296. The van der Waals surface area contributed by atoms with E-state index in [1.54, 1.807) is 13.0 Å². The summed E-state index contributed by atoms with van der Waals surface area (Å²) in [5.41, 5.74) is 2.41. The zero-order valence-corrected chi connectivity index (χ0v) is 11.5. The van der Waals surface area contributed by atoms with Gasteiger partial charge in [-0.05, 0) is 26.0 Å². The topological polar surface area (TPSA) is 87.3 Å². The van der Waals surface area contributed by atoms with Crippen molar-refractivity contribution in [2.75, 3.05) is 23.4 Å². The van der Waals surface area contributed by atoms with Crippen LogP contribution in [0.2, 0.25) is 0 Å². The maximum absolute atomic E-state index is 9.29. The Hall–Kier alpha value is -0.820. The van der Waals surface area contributed by atoms with Gasteiger partial charge in [0.2, 0.25) is 0 Å². The van der Waals surface area contributed by atoms with E-state index in [1.165, 1.54) is 0 Å². The second kappa shape index (κ2) is 9.23. The number of aliphatic hydroxyl groups excluding tert-OH is 1. The predicted octanol–water partition coefficient (Wildman–Crippen LogP) is 0.813. The van der Waals surface area contributed by atoms with Gasteiger partial charge in [-0.3, -0.25) is 0 Å². The number of nitrogens with one attached hydrogen (secondary N) is 1. The minimum absolute atomic E-state index is 0. The summed E-state index contributed by atoms with van der Waals surface area (Å²) >= 11 is 0. The Kier molecular flexibility index (Phi) is 10.1. The number of anilines is 2. The summed E-state index contributed by atoms with van der Waals surface area (Å²) in [5.74, 6) is 6.44. The number of hydrogen-bond donors (Lipinski definition) is 3. The van der Waals surface area contributed by atoms with Gasteiger partial charge in [0.05, 0.1) is 6.10 Å². The standard InChI is InChI=1S/C9H17N5O.2ClH/c1-3-14(6-7(2)15)9-5-4-8(11-10)12-13-9;;/h4-5,7,15H,3,6,10H2,1-2H3,(H,11,12);2*1H. The van der Waals surface area contributed by atoms with E-state index >= 15 is 0 Å². The molecule has 0 saturated heterocycles. The fourth-order valence-electron chi connectivity index (χ4n) is 1.27. The highest BCUT2D eigenvalue weighted by Crippen LogP contribution is 2.11. The summed E-state index contributed by atoms with van der Waals surface area (Å²) in [6.07, 6.45) is -0.390. The van der Waals surface area contributed by atoms with Crippen LogP contribution in [-0.2, 0) is 0 Å². The molecule has 1 aromatic heterocycles. The Balaban J connectivity index is 0. The van der Waals surface area contributed by atoms with Crippen LogP contribution in [0.5, 0.6) is 0 Å². The molecule has 1 heterocycles. The number of aromatic nitrogens is 2. The quantitative estimate of drug-likeness (QED) is 0.548. The third-order valence-corrected chi connectivity index (χ3v) is 1.99. The minimum atomic E-state index is -0.390. The van der Waals surface area contributed by atoms with Crippen LogP contribution >= 0.6 is 24.8 Å². The van der Waals surface area contributed by atoms with Gasteiger partial charge in [-0.2, -0.15) is 0 Å². The van der Waals surface area contributed by atoms with E-state index in [4.69, 9.17) is 5.84 Å². The van der Waals surface area contributed by atoms with Crippen LogP contribution in [0, 0.1) is 0 Å². The minimum Gasteiger partial charge on any atom is -0.392 e. The Morgan fingerprint density at radius 3 is 2.41 bits per heavy atom. The molecule has 0 amide bonds. The summed E-state index contributed by atoms with van der Waals surface area (Å²) in [7, 11) is 0. The number of hydrogen-bond acceptors (Lipinski definition) is 6. The molecule has 4 N–H and O–H groups in total. The molecule has 1 rings (SSSR count). The normalized spacial score (nSPS) is 10.8. The summed E-state index contributed by atoms with van der Waals surface area (Å²) in [6, 6.07) is 3.56. The first kappa shape index (κ1) is 18.5. The van der Waals surface area contributed by atoms with E-state index in [0.717, 1.165) is 12.4 Å². The Morgan fingerprint density at radius 1 is 1.41 bits per heavy atom. The smallest absolute Gasteiger partial charge is 0.162 e. The number of rotatable bonds is 5. The molecule has 0 aromatic carbocycles. The first-order chi connectivity index (χ1) is 7.17. The Labute approximate surface area is 113 Å². The number of aliphatic hydroxyl groups is 1. The van der Waals surface area contributed by atoms with Crippen LogP contribution in [0.1, 0.15) is 13.8 Å². The Morgan fingerprint density at radius 2 is 2.06 bits per heavy atom. The molecule has 17 heavy (non-hydrogen) atoms. The highest BCUT2D eigenvalue weighted by atomic mass is 35.5. The second-order valence-electron chi connectivity index (χ2n) is 3.31. The van der Waals surface area contributed by atoms with Crippen LogP contribution < -0.4 is 16.2 Å². The van der Waals surface area contributed by atoms with E-state index in [0.29, 0.717) is 12.4 Å². The third-order valence-electron chi connectivity index (χ3n) is 1.99. The number of hydrazine groups is 1. The first-order valence-electron chi connectivity index (χ1n) is 4.90. The summed E-state index contributed by atoms with van der Waals surface area (Å²) in [4.78, 5) is 1.94. The average molecular weight is 284 g/mol. The lowest BCUT2D eigenvalue weighted by atomic mass is 10.3. The van der Waals surface area contributed by atoms with Gasteiger partial charge in [0, 0.05) is 13.1 Å². The van der Waals surface area contributed by atoms with Crippen molar-refractivity contribution >= 4 is 36.4 Å². The lowest BCUT2D eigenvalue weighted by molar-refractivity contribution is 0.200. The highest BCUT2D eigenvalue weighted by Gasteiger charge is 2.08. The zero-order valence-electron chi connectivity index (χ0n) is 9.83. The van der Waals surface area contributed by atoms with Crippen molar-refractivity contribution in [1.29, 1.82) is 0 Å². The zero-order chi connectivity index (χ0) is 11.3. The molecule has 1 unspecified atom stereocenters. The number of nitrogens with two attached hydrogens (primary N) is 1. The molecule has 0 aliphatic carbocycles. The molecule has 0 spiro atoms. The van der Waals surface area contributed by atoms with Crippen molar-refractivity contribution in [1.82, 2.24) is 10.2 Å². The lowest BCUT2D eigenvalue weighted by Gasteiger charge is -2.22. The molecular weight excluding hydrogens is 265 g/mol.